The van der Waals surface area contributed by atoms with E-state index in [4.69, 9.17) is 0 Å². The molecule has 1 aliphatic rings. The number of hydrogen-bond acceptors (Lipinski definition) is 4. The molecule has 0 saturated heterocycles. The fraction of sp³-hybridized carbons (Fsp3) is 0.176. The van der Waals surface area contributed by atoms with E-state index in [0.717, 1.165) is 16.9 Å². The molecule has 0 aromatic heterocycles. The van der Waals surface area contributed by atoms with Crippen LogP contribution >= 0.6 is 0 Å². The minimum absolute atomic E-state index is 0.181. The molecule has 0 unspecified atom stereocenters. The fourth-order valence-electron chi connectivity index (χ4n) is 2.18. The number of amides is 1. The van der Waals surface area contributed by atoms with Crippen LogP contribution < -0.4 is 5.01 Å². The van der Waals surface area contributed by atoms with E-state index < -0.39 is 6.04 Å². The van der Waals surface area contributed by atoms with E-state index >= 15 is 0 Å². The molecule has 0 radical (unpaired) electrons. The Morgan fingerprint density at radius 3 is 2.36 bits per heavy atom. The van der Waals surface area contributed by atoms with E-state index in [1.807, 2.05) is 61.5 Å². The second-order valence-corrected chi connectivity index (χ2v) is 5.18. The van der Waals surface area contributed by atoms with Crippen molar-refractivity contribution in [2.24, 2.45) is 15.3 Å². The second kappa shape index (κ2) is 5.89. The van der Waals surface area contributed by atoms with Crippen LogP contribution in [0.3, 0.4) is 0 Å². The van der Waals surface area contributed by atoms with Gasteiger partial charge in [-0.1, -0.05) is 35.9 Å². The number of azo groups is 1. The zero-order valence-electron chi connectivity index (χ0n) is 12.5. The minimum Gasteiger partial charge on any atom is -0.269 e. The summed E-state index contributed by atoms with van der Waals surface area (Å²) < 4.78 is 0. The highest BCUT2D eigenvalue weighted by Crippen LogP contribution is 2.23. The van der Waals surface area contributed by atoms with E-state index in [9.17, 15) is 4.79 Å². The first kappa shape index (κ1) is 14.1. The lowest BCUT2D eigenvalue weighted by Crippen LogP contribution is -2.29. The molecule has 0 aliphatic carbocycles. The molecule has 0 bridgehead atoms. The zero-order chi connectivity index (χ0) is 15.5. The number of aryl methyl sites for hydroxylation is 1. The van der Waals surface area contributed by atoms with Crippen molar-refractivity contribution >= 4 is 23.0 Å². The largest absolute Gasteiger partial charge is 0.280 e. The number of para-hydroxylation sites is 1. The van der Waals surface area contributed by atoms with Gasteiger partial charge in [0, 0.05) is 0 Å². The van der Waals surface area contributed by atoms with E-state index in [0.29, 0.717) is 5.71 Å². The van der Waals surface area contributed by atoms with Crippen LogP contribution in [0.25, 0.3) is 0 Å². The van der Waals surface area contributed by atoms with Gasteiger partial charge >= 0.3 is 0 Å². The summed E-state index contributed by atoms with van der Waals surface area (Å²) in [5.41, 5.74) is 3.26. The molecule has 22 heavy (non-hydrogen) atoms. The number of hydrogen-bond donors (Lipinski definition) is 0. The maximum atomic E-state index is 12.4. The Kier molecular flexibility index (Phi) is 3.78. The van der Waals surface area contributed by atoms with E-state index in [-0.39, 0.29) is 5.91 Å². The van der Waals surface area contributed by atoms with E-state index in [1.165, 1.54) is 5.01 Å². The molecule has 2 aromatic rings. The molecule has 1 heterocycles. The van der Waals surface area contributed by atoms with Crippen LogP contribution in [0.5, 0.6) is 0 Å². The molecule has 0 fully saturated rings. The van der Waals surface area contributed by atoms with Gasteiger partial charge in [-0.25, -0.2) is 0 Å². The lowest BCUT2D eigenvalue weighted by atomic mass is 10.2. The molecule has 0 spiro atoms. The van der Waals surface area contributed by atoms with Crippen molar-refractivity contribution in [1.29, 1.82) is 0 Å². The number of hydrazone groups is 1. The Morgan fingerprint density at radius 1 is 1.00 bits per heavy atom. The van der Waals surface area contributed by atoms with Gasteiger partial charge in [0.05, 0.1) is 17.1 Å². The number of benzene rings is 2. The summed E-state index contributed by atoms with van der Waals surface area (Å²) in [5.74, 6) is -0.181. The highest BCUT2D eigenvalue weighted by molar-refractivity contribution is 6.18. The van der Waals surface area contributed by atoms with Crippen LogP contribution in [-0.4, -0.2) is 17.7 Å². The molecule has 3 rings (SSSR count). The quantitative estimate of drug-likeness (QED) is 0.792. The highest BCUT2D eigenvalue weighted by atomic mass is 16.2. The standard InChI is InChI=1S/C17H16N4O/c1-12-8-10-14(11-9-12)18-19-16-13(2)20-21(17(16)22)15-6-4-3-5-7-15/h3-11,16H,1-2H3/t16-/m1/s1. The Hall–Kier alpha value is -2.82. The SMILES string of the molecule is CC1=NN(c2ccccc2)C(=O)[C@@H]1N=Nc1ccc(C)cc1. The summed E-state index contributed by atoms with van der Waals surface area (Å²) in [6, 6.07) is 16.3. The highest BCUT2D eigenvalue weighted by Gasteiger charge is 2.34. The minimum atomic E-state index is -0.651. The maximum absolute atomic E-state index is 12.4. The lowest BCUT2D eigenvalue weighted by Gasteiger charge is -2.11. The molecular formula is C17H16N4O. The first-order valence-corrected chi connectivity index (χ1v) is 7.07. The number of carbonyl (C=O) groups is 1. The van der Waals surface area contributed by atoms with E-state index in [2.05, 4.69) is 15.3 Å². The Bertz CT molecular complexity index is 735. The average molecular weight is 292 g/mol. The van der Waals surface area contributed by atoms with Crippen LogP contribution in [-0.2, 0) is 4.79 Å². The van der Waals surface area contributed by atoms with Gasteiger partial charge in [-0.15, -0.1) is 0 Å². The maximum Gasteiger partial charge on any atom is 0.280 e. The molecule has 5 heteroatoms. The van der Waals surface area contributed by atoms with E-state index in [1.54, 1.807) is 6.92 Å². The predicted octanol–water partition coefficient (Wildman–Crippen LogP) is 3.87. The Morgan fingerprint density at radius 2 is 1.68 bits per heavy atom. The van der Waals surface area contributed by atoms with Crippen molar-refractivity contribution in [3.05, 3.63) is 60.2 Å². The van der Waals surface area contributed by atoms with Gasteiger partial charge in [0.1, 0.15) is 0 Å². The predicted molar refractivity (Wildman–Crippen MR) is 86.5 cm³/mol. The molecule has 1 aliphatic heterocycles. The molecule has 2 aromatic carbocycles. The van der Waals surface area contributed by atoms with Gasteiger partial charge in [-0.05, 0) is 38.1 Å². The van der Waals surface area contributed by atoms with Gasteiger partial charge in [-0.3, -0.25) is 4.79 Å². The number of anilines is 1. The zero-order valence-corrected chi connectivity index (χ0v) is 12.5. The van der Waals surface area contributed by atoms with Gasteiger partial charge < -0.3 is 0 Å². The fourth-order valence-corrected chi connectivity index (χ4v) is 2.18. The summed E-state index contributed by atoms with van der Waals surface area (Å²) in [4.78, 5) is 12.4. The van der Waals surface area contributed by atoms with Gasteiger partial charge in [0.2, 0.25) is 0 Å². The van der Waals surface area contributed by atoms with Gasteiger partial charge in [0.15, 0.2) is 6.04 Å². The third-order valence-electron chi connectivity index (χ3n) is 3.42. The summed E-state index contributed by atoms with van der Waals surface area (Å²) in [6.45, 7) is 3.80. The molecule has 110 valence electrons. The van der Waals surface area contributed by atoms with Crippen molar-refractivity contribution in [1.82, 2.24) is 0 Å². The molecule has 1 atom stereocenters. The summed E-state index contributed by atoms with van der Waals surface area (Å²) in [5, 5.41) is 14.0. The van der Waals surface area contributed by atoms with Crippen molar-refractivity contribution in [3.63, 3.8) is 0 Å². The summed E-state index contributed by atoms with van der Waals surface area (Å²) >= 11 is 0. The van der Waals surface area contributed by atoms with Crippen molar-refractivity contribution in [2.45, 2.75) is 19.9 Å². The first-order chi connectivity index (χ1) is 10.6. The van der Waals surface area contributed by atoms with Crippen molar-refractivity contribution in [3.8, 4) is 0 Å². The van der Waals surface area contributed by atoms with Crippen LogP contribution in [0.4, 0.5) is 11.4 Å². The van der Waals surface area contributed by atoms with Gasteiger partial charge in [-0.2, -0.15) is 20.3 Å². The summed E-state index contributed by atoms with van der Waals surface area (Å²) in [7, 11) is 0. The Labute approximate surface area is 129 Å². The normalized spacial score (nSPS) is 18.1. The van der Waals surface area contributed by atoms with Crippen LogP contribution in [0.1, 0.15) is 12.5 Å². The Balaban J connectivity index is 1.80. The topological polar surface area (TPSA) is 57.4 Å². The summed E-state index contributed by atoms with van der Waals surface area (Å²) in [6.07, 6.45) is 0. The number of nitrogens with zero attached hydrogens (tertiary/aromatic N) is 4. The number of rotatable bonds is 3. The molecule has 0 saturated carbocycles. The average Bonchev–Trinajstić information content (AvgIpc) is 2.82. The van der Waals surface area contributed by atoms with Crippen LogP contribution in [0.15, 0.2) is 69.9 Å². The third-order valence-corrected chi connectivity index (χ3v) is 3.42. The lowest BCUT2D eigenvalue weighted by molar-refractivity contribution is -0.117. The van der Waals surface area contributed by atoms with Crippen molar-refractivity contribution in [2.75, 3.05) is 5.01 Å². The number of carbonyl (C=O) groups excluding carboxylic acids is 1. The van der Waals surface area contributed by atoms with Gasteiger partial charge in [0.25, 0.3) is 5.91 Å². The van der Waals surface area contributed by atoms with Crippen molar-refractivity contribution < 1.29 is 4.79 Å². The monoisotopic (exact) mass is 292 g/mol. The van der Waals surface area contributed by atoms with Crippen LogP contribution in [0.2, 0.25) is 0 Å². The molecule has 1 amide bonds. The first-order valence-electron chi connectivity index (χ1n) is 7.07. The third kappa shape index (κ3) is 2.79. The molecular weight excluding hydrogens is 276 g/mol. The second-order valence-electron chi connectivity index (χ2n) is 5.18. The van der Waals surface area contributed by atoms with Crippen LogP contribution in [0, 0.1) is 6.92 Å². The molecule has 5 nitrogen and oxygen atoms in total. The molecule has 0 N–H and O–H groups in total. The smallest absolute Gasteiger partial charge is 0.269 e.